The molecule has 0 aliphatic carbocycles. The predicted molar refractivity (Wildman–Crippen MR) is 187 cm³/mol. The van der Waals surface area contributed by atoms with Crippen LogP contribution in [0.3, 0.4) is 0 Å². The van der Waals surface area contributed by atoms with E-state index in [1.807, 2.05) is 12.1 Å². The minimum absolute atomic E-state index is 0.656. The van der Waals surface area contributed by atoms with Crippen LogP contribution in [0, 0.1) is 0 Å². The van der Waals surface area contributed by atoms with Gasteiger partial charge in [-0.3, -0.25) is 0 Å². The van der Waals surface area contributed by atoms with Gasteiger partial charge in [-0.1, -0.05) is 72.8 Å². The van der Waals surface area contributed by atoms with E-state index in [0.29, 0.717) is 23.0 Å². The molecule has 232 valence electrons. The molecular weight excluding hydrogens is 584 g/mol. The summed E-state index contributed by atoms with van der Waals surface area (Å²) < 4.78 is 23.9. The first-order valence-electron chi connectivity index (χ1n) is 15.6. The molecule has 47 heavy (non-hydrogen) atoms. The Morgan fingerprint density at radius 1 is 0.362 bits per heavy atom. The number of nitrogens with zero attached hydrogens (tertiary/aromatic N) is 2. The smallest absolute Gasteiger partial charge is 0.162 e. The Hall–Kier alpha value is -5.88. The molecular formula is C41H34N2O4. The monoisotopic (exact) mass is 618 g/mol. The van der Waals surface area contributed by atoms with Gasteiger partial charge in [-0.05, 0) is 70.8 Å². The SMILES string of the molecule is COc1cc2c(cc1OC)C1(c3ccccc3N2c2ccccc2)c2ccccc2N(c2ccccc2)c2cc(OC)c(OC)cc21. The third kappa shape index (κ3) is 4.04. The summed E-state index contributed by atoms with van der Waals surface area (Å²) in [5, 5.41) is 0. The van der Waals surface area contributed by atoms with Crippen molar-refractivity contribution in [2.45, 2.75) is 5.41 Å². The Labute approximate surface area is 275 Å². The molecule has 8 rings (SSSR count). The van der Waals surface area contributed by atoms with E-state index in [1.54, 1.807) is 28.4 Å². The van der Waals surface area contributed by atoms with E-state index in [-0.39, 0.29) is 0 Å². The molecule has 2 aliphatic rings. The van der Waals surface area contributed by atoms with E-state index in [1.165, 1.54) is 0 Å². The fourth-order valence-corrected chi connectivity index (χ4v) is 7.52. The molecule has 0 unspecified atom stereocenters. The van der Waals surface area contributed by atoms with E-state index in [2.05, 4.69) is 131 Å². The standard InChI is InChI=1S/C41H34N2O4/c1-44-37-23-31-35(25-39(37)46-3)42(27-15-7-5-8-16-27)33-21-13-11-19-29(33)41(31)30-20-12-14-22-34(30)43(28-17-9-6-10-18-28)36-26-40(47-4)38(45-2)24-32(36)41/h5-26H,1-4H3. The lowest BCUT2D eigenvalue weighted by Gasteiger charge is -2.51. The van der Waals surface area contributed by atoms with E-state index in [9.17, 15) is 0 Å². The Kier molecular flexibility index (Phi) is 6.80. The van der Waals surface area contributed by atoms with Gasteiger partial charge in [0.2, 0.25) is 0 Å². The third-order valence-corrected chi connectivity index (χ3v) is 9.42. The Balaban J connectivity index is 1.59. The van der Waals surface area contributed by atoms with Crippen molar-refractivity contribution >= 4 is 34.1 Å². The van der Waals surface area contributed by atoms with E-state index in [4.69, 9.17) is 18.9 Å². The molecule has 2 heterocycles. The molecule has 0 amide bonds. The maximum Gasteiger partial charge on any atom is 0.162 e. The maximum atomic E-state index is 6.01. The summed E-state index contributed by atoms with van der Waals surface area (Å²) >= 11 is 0. The van der Waals surface area contributed by atoms with Crippen LogP contribution in [0.25, 0.3) is 0 Å². The van der Waals surface area contributed by atoms with Crippen molar-refractivity contribution < 1.29 is 18.9 Å². The Morgan fingerprint density at radius 3 is 1.09 bits per heavy atom. The zero-order valence-corrected chi connectivity index (χ0v) is 26.7. The topological polar surface area (TPSA) is 43.4 Å². The van der Waals surface area contributed by atoms with Crippen LogP contribution in [-0.2, 0) is 5.41 Å². The quantitative estimate of drug-likeness (QED) is 0.185. The third-order valence-electron chi connectivity index (χ3n) is 9.42. The van der Waals surface area contributed by atoms with Crippen molar-refractivity contribution in [3.8, 4) is 23.0 Å². The molecule has 0 aromatic heterocycles. The van der Waals surface area contributed by atoms with Crippen molar-refractivity contribution in [3.63, 3.8) is 0 Å². The van der Waals surface area contributed by atoms with E-state index < -0.39 is 5.41 Å². The first-order valence-corrected chi connectivity index (χ1v) is 15.6. The number of para-hydroxylation sites is 4. The van der Waals surface area contributed by atoms with Gasteiger partial charge in [0, 0.05) is 23.5 Å². The van der Waals surface area contributed by atoms with Crippen LogP contribution in [0.15, 0.2) is 133 Å². The molecule has 6 nitrogen and oxygen atoms in total. The predicted octanol–water partition coefficient (Wildman–Crippen LogP) is 9.67. The molecule has 0 N–H and O–H groups in total. The molecule has 1 spiro atoms. The molecule has 6 aromatic carbocycles. The van der Waals surface area contributed by atoms with Gasteiger partial charge in [0.25, 0.3) is 0 Å². The van der Waals surface area contributed by atoms with Gasteiger partial charge in [-0.2, -0.15) is 0 Å². The molecule has 0 fully saturated rings. The van der Waals surface area contributed by atoms with Crippen LogP contribution in [0.1, 0.15) is 22.3 Å². The average molecular weight is 619 g/mol. The lowest BCUT2D eigenvalue weighted by molar-refractivity contribution is 0.353. The van der Waals surface area contributed by atoms with Gasteiger partial charge >= 0.3 is 0 Å². The summed E-state index contributed by atoms with van der Waals surface area (Å²) in [7, 11) is 6.75. The first-order chi connectivity index (χ1) is 23.1. The number of anilines is 6. The number of rotatable bonds is 6. The summed E-state index contributed by atoms with van der Waals surface area (Å²) in [6.07, 6.45) is 0. The van der Waals surface area contributed by atoms with Gasteiger partial charge in [0.1, 0.15) is 0 Å². The number of benzene rings is 6. The zero-order valence-electron chi connectivity index (χ0n) is 26.7. The Morgan fingerprint density at radius 2 is 0.702 bits per heavy atom. The number of hydrogen-bond donors (Lipinski definition) is 0. The lowest BCUT2D eigenvalue weighted by Crippen LogP contribution is -2.42. The maximum absolute atomic E-state index is 6.01. The first kappa shape index (κ1) is 28.6. The molecule has 6 aromatic rings. The van der Waals surface area contributed by atoms with Gasteiger partial charge < -0.3 is 28.7 Å². The van der Waals surface area contributed by atoms with Crippen LogP contribution >= 0.6 is 0 Å². The summed E-state index contributed by atoms with van der Waals surface area (Å²) in [6, 6.07) is 46.8. The molecule has 0 atom stereocenters. The summed E-state index contributed by atoms with van der Waals surface area (Å²) in [4.78, 5) is 4.65. The lowest BCUT2D eigenvalue weighted by atomic mass is 9.60. The van der Waals surface area contributed by atoms with Crippen LogP contribution in [0.4, 0.5) is 34.1 Å². The second-order valence-electron chi connectivity index (χ2n) is 11.6. The normalized spacial score (nSPS) is 13.6. The average Bonchev–Trinajstić information content (AvgIpc) is 3.14. The fraction of sp³-hybridized carbons (Fsp3) is 0.122. The second kappa shape index (κ2) is 11.2. The van der Waals surface area contributed by atoms with Crippen LogP contribution in [0.2, 0.25) is 0 Å². The van der Waals surface area contributed by atoms with Crippen molar-refractivity contribution in [1.82, 2.24) is 0 Å². The van der Waals surface area contributed by atoms with Crippen molar-refractivity contribution in [3.05, 3.63) is 156 Å². The minimum Gasteiger partial charge on any atom is -0.493 e. The van der Waals surface area contributed by atoms with Crippen molar-refractivity contribution in [2.24, 2.45) is 0 Å². The van der Waals surface area contributed by atoms with Gasteiger partial charge in [-0.15, -0.1) is 0 Å². The zero-order chi connectivity index (χ0) is 32.1. The largest absolute Gasteiger partial charge is 0.493 e. The molecule has 0 saturated heterocycles. The number of hydrogen-bond acceptors (Lipinski definition) is 6. The van der Waals surface area contributed by atoms with Crippen molar-refractivity contribution in [1.29, 1.82) is 0 Å². The summed E-state index contributed by atoms with van der Waals surface area (Å²) in [6.45, 7) is 0. The highest BCUT2D eigenvalue weighted by atomic mass is 16.5. The molecule has 0 saturated carbocycles. The van der Waals surface area contributed by atoms with E-state index >= 15 is 0 Å². The second-order valence-corrected chi connectivity index (χ2v) is 11.6. The molecule has 0 radical (unpaired) electrons. The van der Waals surface area contributed by atoms with Gasteiger partial charge in [0.15, 0.2) is 23.0 Å². The molecule has 6 heteroatoms. The highest BCUT2D eigenvalue weighted by Crippen LogP contribution is 2.65. The Bertz CT molecular complexity index is 1960. The highest BCUT2D eigenvalue weighted by molar-refractivity contribution is 5.97. The number of methoxy groups -OCH3 is 4. The van der Waals surface area contributed by atoms with Gasteiger partial charge in [-0.25, -0.2) is 0 Å². The van der Waals surface area contributed by atoms with Crippen LogP contribution in [-0.4, -0.2) is 28.4 Å². The minimum atomic E-state index is -0.784. The van der Waals surface area contributed by atoms with Crippen molar-refractivity contribution in [2.75, 3.05) is 38.2 Å². The highest BCUT2D eigenvalue weighted by Gasteiger charge is 2.52. The van der Waals surface area contributed by atoms with E-state index in [0.717, 1.165) is 56.4 Å². The molecule has 2 aliphatic heterocycles. The summed E-state index contributed by atoms with van der Waals surface area (Å²) in [5.41, 5.74) is 9.84. The summed E-state index contributed by atoms with van der Waals surface area (Å²) in [5.74, 6) is 2.62. The van der Waals surface area contributed by atoms with Crippen LogP contribution in [0.5, 0.6) is 23.0 Å². The fourth-order valence-electron chi connectivity index (χ4n) is 7.52. The number of ether oxygens (including phenoxy) is 4. The van der Waals surface area contributed by atoms with Gasteiger partial charge in [0.05, 0.1) is 56.6 Å². The molecule has 0 bridgehead atoms. The van der Waals surface area contributed by atoms with Crippen LogP contribution < -0.4 is 28.7 Å². The number of fused-ring (bicyclic) bond motifs is 8.